The lowest BCUT2D eigenvalue weighted by atomic mass is 9.99. The first-order valence-corrected chi connectivity index (χ1v) is 14.0. The number of hydrogen-bond acceptors (Lipinski definition) is 11. The lowest BCUT2D eigenvalue weighted by Gasteiger charge is -2.38. The van der Waals surface area contributed by atoms with Crippen LogP contribution in [0.15, 0.2) is 48.5 Å². The Balaban J connectivity index is 1.40. The van der Waals surface area contributed by atoms with Gasteiger partial charge >= 0.3 is 12.1 Å². The van der Waals surface area contributed by atoms with Crippen molar-refractivity contribution in [2.45, 2.75) is 69.2 Å². The SMILES string of the molecule is NCCC(=O)Nc1cc(COC(=O)N2CCCC2OCCc2ccccc2)ccc1OC1OC(C(=O)O)[C@@H](O)C(O)[C@H]1O. The predicted molar refractivity (Wildman–Crippen MR) is 150 cm³/mol. The fourth-order valence-corrected chi connectivity index (χ4v) is 4.79. The Kier molecular flexibility index (Phi) is 11.3. The molecule has 2 amide bonds. The molecule has 0 bridgehead atoms. The number of carboxylic acid groups (broad SMARTS) is 1. The van der Waals surface area contributed by atoms with Crippen molar-refractivity contribution in [2.75, 3.05) is 25.0 Å². The molecule has 0 radical (unpaired) electrons. The van der Waals surface area contributed by atoms with Crippen molar-refractivity contribution in [3.05, 3.63) is 59.7 Å². The molecule has 2 heterocycles. The standard InChI is InChI=1S/C29H37N3O11/c30-12-10-21(33)31-19-15-18(8-9-20(19)42-28-25(36)23(34)24(35)26(43-28)27(37)38)16-41-29(39)32-13-4-7-22(32)40-14-11-17-5-2-1-3-6-17/h1-3,5-6,8-9,15,22-26,28,34-36H,4,7,10-14,16,30H2,(H,31,33)(H,37,38)/t22?,23?,24-,25+,26?,28?/m0/s1. The first-order valence-electron chi connectivity index (χ1n) is 14.0. The Hall–Kier alpha value is -3.79. The summed E-state index contributed by atoms with van der Waals surface area (Å²) < 4.78 is 22.3. The molecule has 234 valence electrons. The number of rotatable bonds is 12. The van der Waals surface area contributed by atoms with E-state index < -0.39 is 54.9 Å². The summed E-state index contributed by atoms with van der Waals surface area (Å²) in [7, 11) is 0. The Morgan fingerprint density at radius 1 is 1.02 bits per heavy atom. The highest BCUT2D eigenvalue weighted by Gasteiger charge is 2.48. The molecule has 7 N–H and O–H groups in total. The fraction of sp³-hybridized carbons (Fsp3) is 0.483. The van der Waals surface area contributed by atoms with Crippen LogP contribution >= 0.6 is 0 Å². The van der Waals surface area contributed by atoms with Gasteiger partial charge in [-0.25, -0.2) is 9.59 Å². The number of benzene rings is 2. The number of hydrogen-bond donors (Lipinski definition) is 6. The Bertz CT molecular complexity index is 1250. The van der Waals surface area contributed by atoms with E-state index in [2.05, 4.69) is 5.32 Å². The van der Waals surface area contributed by atoms with Crippen molar-refractivity contribution in [2.24, 2.45) is 5.73 Å². The highest BCUT2D eigenvalue weighted by atomic mass is 16.7. The van der Waals surface area contributed by atoms with E-state index in [4.69, 9.17) is 24.7 Å². The van der Waals surface area contributed by atoms with Gasteiger partial charge in [0.25, 0.3) is 0 Å². The normalized spacial score (nSPS) is 25.3. The maximum absolute atomic E-state index is 12.9. The van der Waals surface area contributed by atoms with Crippen molar-refractivity contribution in [1.29, 1.82) is 0 Å². The van der Waals surface area contributed by atoms with Crippen LogP contribution < -0.4 is 15.8 Å². The number of aliphatic hydroxyl groups is 3. The molecular formula is C29H37N3O11. The number of aliphatic carboxylic acids is 1. The topological polar surface area (TPSA) is 210 Å². The minimum atomic E-state index is -1.89. The number of nitrogens with two attached hydrogens (primary N) is 1. The second kappa shape index (κ2) is 15.1. The molecule has 4 rings (SSSR count). The van der Waals surface area contributed by atoms with Gasteiger partial charge in [0.2, 0.25) is 12.2 Å². The van der Waals surface area contributed by atoms with E-state index in [0.29, 0.717) is 31.6 Å². The van der Waals surface area contributed by atoms with Gasteiger partial charge in [0.05, 0.1) is 12.3 Å². The highest BCUT2D eigenvalue weighted by molar-refractivity contribution is 5.92. The molecule has 2 saturated heterocycles. The quantitative estimate of drug-likeness (QED) is 0.197. The molecule has 14 heteroatoms. The summed E-state index contributed by atoms with van der Waals surface area (Å²) in [6.45, 7) is 0.858. The van der Waals surface area contributed by atoms with Gasteiger partial charge in [-0.2, -0.15) is 0 Å². The number of likely N-dealkylation sites (tertiary alicyclic amines) is 1. The summed E-state index contributed by atoms with van der Waals surface area (Å²) in [5.74, 6) is -2.07. The molecule has 0 saturated carbocycles. The van der Waals surface area contributed by atoms with Crippen LogP contribution in [-0.2, 0) is 36.8 Å². The van der Waals surface area contributed by atoms with E-state index in [1.807, 2.05) is 30.3 Å². The maximum atomic E-state index is 12.9. The molecule has 2 aliphatic rings. The number of anilines is 1. The third-order valence-corrected chi connectivity index (χ3v) is 7.08. The number of ether oxygens (including phenoxy) is 4. The van der Waals surface area contributed by atoms with Crippen LogP contribution in [0.1, 0.15) is 30.4 Å². The van der Waals surface area contributed by atoms with Crippen molar-refractivity contribution < 1.29 is 53.8 Å². The summed E-state index contributed by atoms with van der Waals surface area (Å²) >= 11 is 0. The molecule has 14 nitrogen and oxygen atoms in total. The number of nitrogens with zero attached hydrogens (tertiary/aromatic N) is 1. The number of nitrogens with one attached hydrogen (secondary N) is 1. The second-order valence-electron chi connectivity index (χ2n) is 10.2. The highest BCUT2D eigenvalue weighted by Crippen LogP contribution is 2.31. The number of amides is 2. The molecule has 0 aromatic heterocycles. The van der Waals surface area contributed by atoms with Gasteiger partial charge < -0.3 is 50.4 Å². The molecule has 4 unspecified atom stereocenters. The van der Waals surface area contributed by atoms with Crippen LogP contribution in [0.5, 0.6) is 5.75 Å². The van der Waals surface area contributed by atoms with Gasteiger partial charge in [-0.05, 0) is 42.5 Å². The summed E-state index contributed by atoms with van der Waals surface area (Å²) in [6, 6.07) is 14.3. The Labute approximate surface area is 247 Å². The third-order valence-electron chi connectivity index (χ3n) is 7.08. The largest absolute Gasteiger partial charge is 0.479 e. The minimum absolute atomic E-state index is 0.0200. The van der Waals surface area contributed by atoms with Crippen LogP contribution in [0, 0.1) is 0 Å². The lowest BCUT2D eigenvalue weighted by Crippen LogP contribution is -2.61. The van der Waals surface area contributed by atoms with Crippen LogP contribution in [-0.4, -0.2) is 99.9 Å². The molecular weight excluding hydrogens is 566 g/mol. The Morgan fingerprint density at radius 3 is 2.51 bits per heavy atom. The maximum Gasteiger partial charge on any atom is 0.412 e. The first-order chi connectivity index (χ1) is 20.7. The van der Waals surface area contributed by atoms with Crippen molar-refractivity contribution in [3.63, 3.8) is 0 Å². The molecule has 0 spiro atoms. The summed E-state index contributed by atoms with van der Waals surface area (Å²) in [5, 5.41) is 42.3. The number of carboxylic acids is 1. The average Bonchev–Trinajstić information content (AvgIpc) is 3.46. The van der Waals surface area contributed by atoms with E-state index in [0.717, 1.165) is 12.0 Å². The minimum Gasteiger partial charge on any atom is -0.479 e. The molecule has 6 atom stereocenters. The van der Waals surface area contributed by atoms with Crippen LogP contribution in [0.4, 0.5) is 10.5 Å². The third kappa shape index (κ3) is 8.40. The summed E-state index contributed by atoms with van der Waals surface area (Å²) in [4.78, 5) is 38.2. The van der Waals surface area contributed by atoms with Crippen molar-refractivity contribution in [3.8, 4) is 5.75 Å². The van der Waals surface area contributed by atoms with Gasteiger partial charge in [0.15, 0.2) is 6.10 Å². The second-order valence-corrected chi connectivity index (χ2v) is 10.2. The number of carbonyl (C=O) groups excluding carboxylic acids is 2. The van der Waals surface area contributed by atoms with Crippen LogP contribution in [0.3, 0.4) is 0 Å². The van der Waals surface area contributed by atoms with E-state index in [1.54, 1.807) is 0 Å². The smallest absolute Gasteiger partial charge is 0.412 e. The molecule has 2 aromatic rings. The van der Waals surface area contributed by atoms with E-state index in [-0.39, 0.29) is 31.0 Å². The zero-order valence-corrected chi connectivity index (χ0v) is 23.4. The lowest BCUT2D eigenvalue weighted by molar-refractivity contribution is -0.271. The van der Waals surface area contributed by atoms with Crippen LogP contribution in [0.2, 0.25) is 0 Å². The summed E-state index contributed by atoms with van der Waals surface area (Å²) in [5.41, 5.74) is 7.19. The van der Waals surface area contributed by atoms with Gasteiger partial charge in [-0.15, -0.1) is 0 Å². The van der Waals surface area contributed by atoms with Crippen molar-refractivity contribution >= 4 is 23.7 Å². The monoisotopic (exact) mass is 603 g/mol. The van der Waals surface area contributed by atoms with E-state index in [1.165, 1.54) is 23.1 Å². The average molecular weight is 604 g/mol. The molecule has 2 fully saturated rings. The molecule has 0 aliphatic carbocycles. The van der Waals surface area contributed by atoms with E-state index >= 15 is 0 Å². The summed E-state index contributed by atoms with van der Waals surface area (Å²) in [6.07, 6.45) is -7.91. The Morgan fingerprint density at radius 2 is 1.79 bits per heavy atom. The fourth-order valence-electron chi connectivity index (χ4n) is 4.79. The van der Waals surface area contributed by atoms with Gasteiger partial charge in [0, 0.05) is 19.5 Å². The predicted octanol–water partition coefficient (Wildman–Crippen LogP) is 0.563. The first kappa shape index (κ1) is 32.1. The van der Waals surface area contributed by atoms with Gasteiger partial charge in [0.1, 0.15) is 36.9 Å². The van der Waals surface area contributed by atoms with E-state index in [9.17, 15) is 34.8 Å². The zero-order chi connectivity index (χ0) is 30.9. The van der Waals surface area contributed by atoms with Crippen LogP contribution in [0.25, 0.3) is 0 Å². The van der Waals surface area contributed by atoms with Crippen molar-refractivity contribution in [1.82, 2.24) is 4.90 Å². The molecule has 43 heavy (non-hydrogen) atoms. The molecule has 2 aliphatic heterocycles. The number of carbonyl (C=O) groups is 3. The molecule has 2 aromatic carbocycles. The zero-order valence-electron chi connectivity index (χ0n) is 23.4. The van der Waals surface area contributed by atoms with Gasteiger partial charge in [-0.3, -0.25) is 9.69 Å². The van der Waals surface area contributed by atoms with Gasteiger partial charge in [-0.1, -0.05) is 36.4 Å². The number of aliphatic hydroxyl groups excluding tert-OH is 3.